The molecule has 0 aliphatic rings. The minimum Gasteiger partial charge on any atom is -0.478 e. The average Bonchev–Trinajstić information content (AvgIpc) is 2.36. The number of hydrogen-bond donors (Lipinski definition) is 3. The van der Waals surface area contributed by atoms with Crippen LogP contribution in [0.15, 0.2) is 36.4 Å². The molecule has 0 fully saturated rings. The van der Waals surface area contributed by atoms with Crippen molar-refractivity contribution in [1.82, 2.24) is 5.32 Å². The van der Waals surface area contributed by atoms with Crippen molar-refractivity contribution in [2.45, 2.75) is 19.9 Å². The second-order valence-corrected chi connectivity index (χ2v) is 4.80. The normalized spacial score (nSPS) is 10.6. The number of amides is 2. The van der Waals surface area contributed by atoms with Crippen molar-refractivity contribution in [1.29, 1.82) is 0 Å². The molecule has 2 rings (SSSR count). The first-order valence-electron chi connectivity index (χ1n) is 6.31. The zero-order valence-corrected chi connectivity index (χ0v) is 11.3. The molecule has 104 valence electrons. The number of fused-ring (bicyclic) bond motifs is 1. The number of carbonyl (C=O) groups is 2. The molecule has 2 aromatic carbocycles. The van der Waals surface area contributed by atoms with Crippen molar-refractivity contribution >= 4 is 28.5 Å². The van der Waals surface area contributed by atoms with Crippen LogP contribution in [-0.2, 0) is 0 Å². The van der Waals surface area contributed by atoms with Crippen LogP contribution >= 0.6 is 0 Å². The number of hydrogen-bond acceptors (Lipinski definition) is 2. The minimum atomic E-state index is -1.07. The second kappa shape index (κ2) is 5.61. The summed E-state index contributed by atoms with van der Waals surface area (Å²) < 4.78 is 0. The summed E-state index contributed by atoms with van der Waals surface area (Å²) in [7, 11) is 0. The van der Waals surface area contributed by atoms with Crippen LogP contribution in [0.3, 0.4) is 0 Å². The molecule has 0 spiro atoms. The maximum Gasteiger partial charge on any atom is 0.337 e. The maximum atomic E-state index is 11.7. The molecule has 2 amide bonds. The zero-order chi connectivity index (χ0) is 14.7. The highest BCUT2D eigenvalue weighted by Crippen LogP contribution is 2.24. The molecule has 0 saturated heterocycles. The molecule has 0 aromatic heterocycles. The molecule has 0 aliphatic carbocycles. The van der Waals surface area contributed by atoms with E-state index in [0.29, 0.717) is 0 Å². The van der Waals surface area contributed by atoms with Crippen LogP contribution in [0.1, 0.15) is 24.2 Å². The Morgan fingerprint density at radius 3 is 2.25 bits per heavy atom. The van der Waals surface area contributed by atoms with Gasteiger partial charge in [-0.2, -0.15) is 0 Å². The van der Waals surface area contributed by atoms with Crippen LogP contribution in [0.25, 0.3) is 10.8 Å². The lowest BCUT2D eigenvalue weighted by atomic mass is 10.0. The van der Waals surface area contributed by atoms with E-state index in [-0.39, 0.29) is 17.3 Å². The van der Waals surface area contributed by atoms with Crippen LogP contribution in [0.4, 0.5) is 10.5 Å². The van der Waals surface area contributed by atoms with Crippen molar-refractivity contribution in [2.75, 3.05) is 5.32 Å². The molecule has 20 heavy (non-hydrogen) atoms. The Bertz CT molecular complexity index is 665. The summed E-state index contributed by atoms with van der Waals surface area (Å²) in [5.41, 5.74) is 0.358. The smallest absolute Gasteiger partial charge is 0.337 e. The third-order valence-corrected chi connectivity index (χ3v) is 2.78. The van der Waals surface area contributed by atoms with Crippen molar-refractivity contribution < 1.29 is 14.7 Å². The highest BCUT2D eigenvalue weighted by molar-refractivity contribution is 6.04. The van der Waals surface area contributed by atoms with Gasteiger partial charge in [0, 0.05) is 6.04 Å². The number of aromatic carboxylic acids is 1. The van der Waals surface area contributed by atoms with E-state index in [0.717, 1.165) is 10.8 Å². The Morgan fingerprint density at radius 2 is 1.70 bits per heavy atom. The number of urea groups is 1. The molecule has 0 unspecified atom stereocenters. The van der Waals surface area contributed by atoms with Crippen molar-refractivity contribution in [2.24, 2.45) is 0 Å². The first kappa shape index (κ1) is 13.9. The highest BCUT2D eigenvalue weighted by atomic mass is 16.4. The van der Waals surface area contributed by atoms with E-state index < -0.39 is 12.0 Å². The number of anilines is 1. The Balaban J connectivity index is 2.42. The Morgan fingerprint density at radius 1 is 1.10 bits per heavy atom. The minimum absolute atomic E-state index is 0.0243. The van der Waals surface area contributed by atoms with E-state index >= 15 is 0 Å². The van der Waals surface area contributed by atoms with Gasteiger partial charge in [0.25, 0.3) is 0 Å². The largest absolute Gasteiger partial charge is 0.478 e. The maximum absolute atomic E-state index is 11.7. The lowest BCUT2D eigenvalue weighted by Gasteiger charge is -2.13. The van der Waals surface area contributed by atoms with Gasteiger partial charge in [0.2, 0.25) is 0 Å². The summed E-state index contributed by atoms with van der Waals surface area (Å²) >= 11 is 0. The number of benzene rings is 2. The number of carbonyl (C=O) groups excluding carboxylic acids is 1. The summed E-state index contributed by atoms with van der Waals surface area (Å²) in [6, 6.07) is 10.2. The number of carboxylic acids is 1. The van der Waals surface area contributed by atoms with Crippen LogP contribution in [-0.4, -0.2) is 23.1 Å². The fraction of sp³-hybridized carbons (Fsp3) is 0.200. The third kappa shape index (κ3) is 3.06. The lowest BCUT2D eigenvalue weighted by molar-refractivity contribution is 0.0698. The Kier molecular flexibility index (Phi) is 3.89. The van der Waals surface area contributed by atoms with Gasteiger partial charge in [0.1, 0.15) is 0 Å². The quantitative estimate of drug-likeness (QED) is 0.803. The third-order valence-electron chi connectivity index (χ3n) is 2.78. The molecule has 0 radical (unpaired) electrons. The Labute approximate surface area is 116 Å². The van der Waals surface area contributed by atoms with Gasteiger partial charge in [-0.15, -0.1) is 0 Å². The Hall–Kier alpha value is -2.56. The molecule has 5 heteroatoms. The van der Waals surface area contributed by atoms with Gasteiger partial charge in [0.15, 0.2) is 0 Å². The zero-order valence-electron chi connectivity index (χ0n) is 11.3. The molecular formula is C15H16N2O3. The summed E-state index contributed by atoms with van der Waals surface area (Å²) in [5.74, 6) is -1.07. The van der Waals surface area contributed by atoms with Crippen molar-refractivity contribution in [3.05, 3.63) is 42.0 Å². The molecule has 0 bridgehead atoms. The van der Waals surface area contributed by atoms with E-state index in [1.165, 1.54) is 0 Å². The summed E-state index contributed by atoms with van der Waals surface area (Å²) in [5, 5.41) is 16.2. The van der Waals surface area contributed by atoms with Crippen LogP contribution in [0.5, 0.6) is 0 Å². The van der Waals surface area contributed by atoms with Gasteiger partial charge in [-0.25, -0.2) is 9.59 Å². The van der Waals surface area contributed by atoms with Gasteiger partial charge in [0.05, 0.1) is 11.3 Å². The number of carboxylic acid groups (broad SMARTS) is 1. The predicted octanol–water partition coefficient (Wildman–Crippen LogP) is 3.07. The first-order valence-corrected chi connectivity index (χ1v) is 6.31. The fourth-order valence-electron chi connectivity index (χ4n) is 1.94. The van der Waals surface area contributed by atoms with Gasteiger partial charge in [-0.05, 0) is 36.8 Å². The molecule has 0 aliphatic heterocycles. The SMILES string of the molecule is CC(C)NC(=O)Nc1cc2ccccc2cc1C(=O)O. The van der Waals surface area contributed by atoms with Gasteiger partial charge < -0.3 is 15.7 Å². The van der Waals surface area contributed by atoms with E-state index in [4.69, 9.17) is 0 Å². The van der Waals surface area contributed by atoms with E-state index in [1.807, 2.05) is 38.1 Å². The fourth-order valence-corrected chi connectivity index (χ4v) is 1.94. The summed E-state index contributed by atoms with van der Waals surface area (Å²) in [4.78, 5) is 23.0. The highest BCUT2D eigenvalue weighted by Gasteiger charge is 2.14. The molecule has 2 aromatic rings. The topological polar surface area (TPSA) is 78.4 Å². The number of rotatable bonds is 3. The average molecular weight is 272 g/mol. The van der Waals surface area contributed by atoms with Crippen LogP contribution < -0.4 is 10.6 Å². The molecule has 5 nitrogen and oxygen atoms in total. The van der Waals surface area contributed by atoms with E-state index in [2.05, 4.69) is 10.6 Å². The number of nitrogens with one attached hydrogen (secondary N) is 2. The first-order chi connectivity index (χ1) is 9.47. The summed E-state index contributed by atoms with van der Waals surface area (Å²) in [6.07, 6.45) is 0. The van der Waals surface area contributed by atoms with E-state index in [1.54, 1.807) is 12.1 Å². The standard InChI is InChI=1S/C15H16N2O3/c1-9(2)16-15(20)17-13-8-11-6-4-3-5-10(11)7-12(13)14(18)19/h3-9H,1-2H3,(H,18,19)(H2,16,17,20). The van der Waals surface area contributed by atoms with E-state index in [9.17, 15) is 14.7 Å². The second-order valence-electron chi connectivity index (χ2n) is 4.80. The molecule has 0 atom stereocenters. The van der Waals surface area contributed by atoms with Gasteiger partial charge >= 0.3 is 12.0 Å². The van der Waals surface area contributed by atoms with Gasteiger partial charge in [-0.3, -0.25) is 0 Å². The lowest BCUT2D eigenvalue weighted by Crippen LogP contribution is -2.34. The molecular weight excluding hydrogens is 256 g/mol. The van der Waals surface area contributed by atoms with Crippen LogP contribution in [0.2, 0.25) is 0 Å². The predicted molar refractivity (Wildman–Crippen MR) is 78.2 cm³/mol. The molecule has 0 heterocycles. The molecule has 0 saturated carbocycles. The summed E-state index contributed by atoms with van der Waals surface area (Å²) in [6.45, 7) is 3.66. The van der Waals surface area contributed by atoms with Crippen molar-refractivity contribution in [3.63, 3.8) is 0 Å². The van der Waals surface area contributed by atoms with Gasteiger partial charge in [-0.1, -0.05) is 24.3 Å². The molecule has 3 N–H and O–H groups in total. The van der Waals surface area contributed by atoms with Crippen LogP contribution in [0, 0.1) is 0 Å². The van der Waals surface area contributed by atoms with Crippen molar-refractivity contribution in [3.8, 4) is 0 Å². The monoisotopic (exact) mass is 272 g/mol.